The molecule has 0 saturated heterocycles. The molecule has 0 bridgehead atoms. The molecule has 0 radical (unpaired) electrons. The van der Waals surface area contributed by atoms with Crippen LogP contribution in [0.2, 0.25) is 0 Å². The Morgan fingerprint density at radius 2 is 1.44 bits per heavy atom. The smallest absolute Gasteiger partial charge is 0.264 e. The molecule has 0 heterocycles. The number of ether oxygens (including phenoxy) is 1. The van der Waals surface area contributed by atoms with Crippen molar-refractivity contribution < 1.29 is 31.5 Å². The number of hydrogen-bond donors (Lipinski definition) is 1. The highest BCUT2D eigenvalue weighted by molar-refractivity contribution is 7.92. The number of carbonyl (C=O) groups excluding carboxylic acids is 2. The van der Waals surface area contributed by atoms with Crippen LogP contribution in [0, 0.1) is 11.6 Å². The maximum Gasteiger partial charge on any atom is 0.264 e. The minimum absolute atomic E-state index is 0.0576. The van der Waals surface area contributed by atoms with Crippen LogP contribution in [0.3, 0.4) is 0 Å². The number of amides is 2. The van der Waals surface area contributed by atoms with E-state index in [0.717, 1.165) is 16.4 Å². The quantitative estimate of drug-likeness (QED) is 0.345. The first-order valence-electron chi connectivity index (χ1n) is 13.1. The van der Waals surface area contributed by atoms with E-state index >= 15 is 0 Å². The zero-order valence-corrected chi connectivity index (χ0v) is 24.5. The van der Waals surface area contributed by atoms with Crippen molar-refractivity contribution >= 4 is 27.5 Å². The van der Waals surface area contributed by atoms with Crippen molar-refractivity contribution in [2.45, 2.75) is 57.6 Å². The average Bonchev–Trinajstić information content (AvgIpc) is 2.91. The third-order valence-corrected chi connectivity index (χ3v) is 7.84. The molecule has 3 aromatic rings. The van der Waals surface area contributed by atoms with Crippen molar-refractivity contribution in [1.82, 2.24) is 10.2 Å². The molecule has 0 aliphatic carbocycles. The highest BCUT2D eigenvalue weighted by atomic mass is 32.2. The van der Waals surface area contributed by atoms with Crippen LogP contribution in [0.25, 0.3) is 0 Å². The van der Waals surface area contributed by atoms with Gasteiger partial charge < -0.3 is 15.0 Å². The Labute approximate surface area is 240 Å². The molecule has 3 rings (SSSR count). The summed E-state index contributed by atoms with van der Waals surface area (Å²) in [5.41, 5.74) is 0.00704. The highest BCUT2D eigenvalue weighted by Gasteiger charge is 2.33. The predicted octanol–water partition coefficient (Wildman–Crippen LogP) is 4.89. The van der Waals surface area contributed by atoms with Crippen LogP contribution >= 0.6 is 0 Å². The second kappa shape index (κ2) is 13.1. The van der Waals surface area contributed by atoms with Gasteiger partial charge in [-0.15, -0.1) is 0 Å². The molecule has 1 atom stereocenters. The van der Waals surface area contributed by atoms with Crippen LogP contribution < -0.4 is 14.4 Å². The van der Waals surface area contributed by atoms with Crippen molar-refractivity contribution in [1.29, 1.82) is 0 Å². The lowest BCUT2D eigenvalue weighted by atomic mass is 10.1. The summed E-state index contributed by atoms with van der Waals surface area (Å²) in [6.07, 6.45) is 0. The summed E-state index contributed by atoms with van der Waals surface area (Å²) in [7, 11) is -4.32. The number of nitrogens with one attached hydrogen (secondary N) is 1. The van der Waals surface area contributed by atoms with Gasteiger partial charge in [-0.1, -0.05) is 12.1 Å². The Morgan fingerprint density at radius 3 is 1.95 bits per heavy atom. The van der Waals surface area contributed by atoms with E-state index < -0.39 is 51.6 Å². The zero-order valence-electron chi connectivity index (χ0n) is 23.7. The third-order valence-electron chi connectivity index (χ3n) is 6.05. The first kappa shape index (κ1) is 31.5. The average molecular weight is 588 g/mol. The zero-order chi connectivity index (χ0) is 30.4. The molecule has 1 N–H and O–H groups in total. The first-order chi connectivity index (χ1) is 19.2. The lowest BCUT2D eigenvalue weighted by Gasteiger charge is -2.33. The molecule has 2 amide bonds. The molecule has 0 spiro atoms. The number of rotatable bonds is 11. The van der Waals surface area contributed by atoms with Crippen molar-refractivity contribution in [3.8, 4) is 5.75 Å². The maximum atomic E-state index is 13.9. The van der Waals surface area contributed by atoms with E-state index in [9.17, 15) is 26.8 Å². The molecular weight excluding hydrogens is 552 g/mol. The van der Waals surface area contributed by atoms with Crippen LogP contribution in [0.5, 0.6) is 5.75 Å². The van der Waals surface area contributed by atoms with Gasteiger partial charge in [0.05, 0.1) is 17.2 Å². The lowest BCUT2D eigenvalue weighted by Crippen LogP contribution is -2.54. The summed E-state index contributed by atoms with van der Waals surface area (Å²) in [6.45, 7) is 8.34. The monoisotopic (exact) mass is 587 g/mol. The fourth-order valence-electron chi connectivity index (χ4n) is 3.98. The molecule has 11 heteroatoms. The minimum atomic E-state index is -4.32. The summed E-state index contributed by atoms with van der Waals surface area (Å²) in [4.78, 5) is 28.1. The normalized spacial score (nSPS) is 12.4. The predicted molar refractivity (Wildman–Crippen MR) is 153 cm³/mol. The molecular formula is C30H35F2N3O5S. The van der Waals surface area contributed by atoms with Gasteiger partial charge in [0, 0.05) is 12.1 Å². The van der Waals surface area contributed by atoms with E-state index in [4.69, 9.17) is 4.74 Å². The van der Waals surface area contributed by atoms with Crippen LogP contribution in [-0.4, -0.2) is 49.9 Å². The summed E-state index contributed by atoms with van der Waals surface area (Å²) >= 11 is 0. The SMILES string of the molecule is CCOc1ccc(S(=O)(=O)N(CC(=O)N(Cc2ccc(F)cc2)[C@H](C)C(=O)NC(C)(C)C)c2ccc(F)cc2)cc1. The molecule has 0 aliphatic heterocycles. The van der Waals surface area contributed by atoms with Gasteiger partial charge in [0.1, 0.15) is 30.0 Å². The summed E-state index contributed by atoms with van der Waals surface area (Å²) < 4.78 is 61.2. The standard InChI is InChI=1S/C30H35F2N3O5S/c1-6-40-26-15-17-27(18-16-26)41(38,39)35(25-13-11-24(32)12-14-25)20-28(36)34(19-22-7-9-23(31)10-8-22)21(2)29(37)33-30(3,4)5/h7-18,21H,6,19-20H2,1-5H3,(H,33,37)/t21-/m1/s1. The van der Waals surface area contributed by atoms with Crippen molar-refractivity contribution in [3.05, 3.63) is 90.0 Å². The molecule has 0 aliphatic rings. The van der Waals surface area contributed by atoms with Crippen LogP contribution in [0.15, 0.2) is 77.7 Å². The first-order valence-corrected chi connectivity index (χ1v) is 14.5. The number of carbonyl (C=O) groups is 2. The van der Waals surface area contributed by atoms with E-state index in [0.29, 0.717) is 17.9 Å². The highest BCUT2D eigenvalue weighted by Crippen LogP contribution is 2.26. The number of sulfonamides is 1. The van der Waals surface area contributed by atoms with Gasteiger partial charge in [-0.05, 0) is 101 Å². The van der Waals surface area contributed by atoms with E-state index in [1.54, 1.807) is 27.7 Å². The van der Waals surface area contributed by atoms with Crippen LogP contribution in [-0.2, 0) is 26.2 Å². The van der Waals surface area contributed by atoms with Gasteiger partial charge in [0.2, 0.25) is 11.8 Å². The topological polar surface area (TPSA) is 96.0 Å². The van der Waals surface area contributed by atoms with E-state index in [1.807, 2.05) is 0 Å². The van der Waals surface area contributed by atoms with Crippen LogP contribution in [0.4, 0.5) is 14.5 Å². The molecule has 0 aromatic heterocycles. The minimum Gasteiger partial charge on any atom is -0.494 e. The van der Waals surface area contributed by atoms with Crippen molar-refractivity contribution in [2.75, 3.05) is 17.5 Å². The summed E-state index contributed by atoms with van der Waals surface area (Å²) in [6, 6.07) is 14.9. The number of anilines is 1. The Kier molecular flexibility index (Phi) is 10.1. The Bertz CT molecular complexity index is 1440. The number of halogens is 2. The molecule has 0 unspecified atom stereocenters. The second-order valence-electron chi connectivity index (χ2n) is 10.5. The molecule has 3 aromatic carbocycles. The number of benzene rings is 3. The number of nitrogens with zero attached hydrogens (tertiary/aromatic N) is 2. The summed E-state index contributed by atoms with van der Waals surface area (Å²) in [5, 5.41) is 2.83. The van der Waals surface area contributed by atoms with E-state index in [1.165, 1.54) is 72.5 Å². The maximum absolute atomic E-state index is 13.9. The van der Waals surface area contributed by atoms with Gasteiger partial charge in [-0.25, -0.2) is 17.2 Å². The van der Waals surface area contributed by atoms with E-state index in [-0.39, 0.29) is 17.1 Å². The number of hydrogen-bond acceptors (Lipinski definition) is 5. The Hall–Kier alpha value is -3.99. The molecule has 0 fully saturated rings. The van der Waals surface area contributed by atoms with Gasteiger partial charge in [-0.2, -0.15) is 0 Å². The molecule has 8 nitrogen and oxygen atoms in total. The molecule has 220 valence electrons. The summed E-state index contributed by atoms with van der Waals surface area (Å²) in [5.74, 6) is -1.71. The Morgan fingerprint density at radius 1 is 0.902 bits per heavy atom. The van der Waals surface area contributed by atoms with E-state index in [2.05, 4.69) is 5.32 Å². The van der Waals surface area contributed by atoms with Gasteiger partial charge in [0.25, 0.3) is 10.0 Å². The second-order valence-corrected chi connectivity index (χ2v) is 12.3. The van der Waals surface area contributed by atoms with Crippen molar-refractivity contribution in [3.63, 3.8) is 0 Å². The largest absolute Gasteiger partial charge is 0.494 e. The fraction of sp³-hybridized carbons (Fsp3) is 0.333. The Balaban J connectivity index is 2.02. The fourth-order valence-corrected chi connectivity index (χ4v) is 5.40. The molecule has 41 heavy (non-hydrogen) atoms. The van der Waals surface area contributed by atoms with Crippen molar-refractivity contribution in [2.24, 2.45) is 0 Å². The van der Waals surface area contributed by atoms with Gasteiger partial charge in [-0.3, -0.25) is 13.9 Å². The van der Waals surface area contributed by atoms with Crippen LogP contribution in [0.1, 0.15) is 40.2 Å². The van der Waals surface area contributed by atoms with Gasteiger partial charge in [0.15, 0.2) is 0 Å². The lowest BCUT2D eigenvalue weighted by molar-refractivity contribution is -0.140. The van der Waals surface area contributed by atoms with Gasteiger partial charge >= 0.3 is 0 Å². The molecule has 0 saturated carbocycles. The third kappa shape index (κ3) is 8.50.